The molecule has 0 aromatic carbocycles. The maximum Gasteiger partial charge on any atom is 0.431 e. The lowest BCUT2D eigenvalue weighted by Gasteiger charge is -2.33. The molecule has 2 aliphatic rings. The first-order valence-corrected chi connectivity index (χ1v) is 9.78. The molecule has 3 heterocycles. The van der Waals surface area contributed by atoms with Crippen molar-refractivity contribution in [2.24, 2.45) is 5.41 Å². The summed E-state index contributed by atoms with van der Waals surface area (Å²) in [6.07, 6.45) is -0.141. The Morgan fingerprint density at radius 2 is 1.93 bits per heavy atom. The summed E-state index contributed by atoms with van der Waals surface area (Å²) in [6.45, 7) is 4.34. The first-order chi connectivity index (χ1) is 14.1. The Labute approximate surface area is 169 Å². The van der Waals surface area contributed by atoms with Gasteiger partial charge in [-0.3, -0.25) is 9.59 Å². The Morgan fingerprint density at radius 3 is 2.53 bits per heavy atom. The molecule has 2 aromatic heterocycles. The second-order valence-electron chi connectivity index (χ2n) is 8.17. The number of rotatable bonds is 4. The molecule has 1 aliphatic heterocycles. The number of aryl methyl sites for hydroxylation is 1. The molecule has 0 bridgehead atoms. The van der Waals surface area contributed by atoms with Crippen molar-refractivity contribution in [3.63, 3.8) is 0 Å². The smallest absolute Gasteiger partial charge is 0.403 e. The van der Waals surface area contributed by atoms with Gasteiger partial charge in [0.2, 0.25) is 5.91 Å². The van der Waals surface area contributed by atoms with Gasteiger partial charge in [0.1, 0.15) is 17.3 Å². The lowest BCUT2D eigenvalue weighted by atomic mass is 9.93. The zero-order valence-electron chi connectivity index (χ0n) is 16.6. The molecule has 30 heavy (non-hydrogen) atoms. The van der Waals surface area contributed by atoms with Crippen LogP contribution in [0, 0.1) is 12.3 Å². The van der Waals surface area contributed by atoms with Gasteiger partial charge in [0.25, 0.3) is 11.4 Å². The second kappa shape index (κ2) is 7.13. The Kier molecular flexibility index (Phi) is 4.86. The van der Waals surface area contributed by atoms with E-state index in [4.69, 9.17) is 4.42 Å². The molecule has 1 saturated carbocycles. The largest absolute Gasteiger partial charge is 0.431 e. The Balaban J connectivity index is 1.44. The Hall–Kier alpha value is -2.85. The van der Waals surface area contributed by atoms with Gasteiger partial charge in [-0.05, 0) is 56.6 Å². The molecule has 8 nitrogen and oxygen atoms in total. The number of carbonyl (C=O) groups is 1. The van der Waals surface area contributed by atoms with Gasteiger partial charge in [-0.25, -0.2) is 0 Å². The fraction of sp³-hybridized carbons (Fsp3) is 0.579. The third-order valence-corrected chi connectivity index (χ3v) is 5.98. The number of hydrogen-bond donors (Lipinski definition) is 2. The number of nitrogens with zero attached hydrogens (tertiary/aromatic N) is 3. The summed E-state index contributed by atoms with van der Waals surface area (Å²) in [6, 6.07) is 0.340. The number of hydrogen-bond acceptors (Lipinski definition) is 6. The van der Waals surface area contributed by atoms with E-state index in [-0.39, 0.29) is 28.9 Å². The molecule has 2 aromatic rings. The van der Waals surface area contributed by atoms with Crippen LogP contribution in [0.2, 0.25) is 0 Å². The van der Waals surface area contributed by atoms with Gasteiger partial charge in [-0.15, -0.1) is 5.10 Å². The molecule has 162 valence electrons. The molecule has 1 saturated heterocycles. The molecule has 1 spiro atoms. The van der Waals surface area contributed by atoms with Crippen LogP contribution in [0.1, 0.15) is 43.9 Å². The molecule has 1 atom stereocenters. The van der Waals surface area contributed by atoms with E-state index < -0.39 is 23.5 Å². The molecule has 0 unspecified atom stereocenters. The van der Waals surface area contributed by atoms with Crippen molar-refractivity contribution in [1.29, 1.82) is 0 Å². The van der Waals surface area contributed by atoms with Gasteiger partial charge >= 0.3 is 12.2 Å². The van der Waals surface area contributed by atoms with E-state index in [0.717, 1.165) is 32.0 Å². The Morgan fingerprint density at radius 1 is 1.27 bits per heavy atom. The van der Waals surface area contributed by atoms with E-state index in [1.54, 1.807) is 6.92 Å². The van der Waals surface area contributed by atoms with Crippen LogP contribution in [0.4, 0.5) is 19.2 Å². The van der Waals surface area contributed by atoms with E-state index in [0.29, 0.717) is 5.41 Å². The number of aromatic nitrogens is 3. The summed E-state index contributed by atoms with van der Waals surface area (Å²) in [5.74, 6) is -0.322. The number of piperidine rings is 1. The van der Waals surface area contributed by atoms with Crippen LogP contribution in [0.15, 0.2) is 15.3 Å². The molecule has 1 aliphatic carbocycles. The summed E-state index contributed by atoms with van der Waals surface area (Å²) in [4.78, 5) is 28.4. The molecule has 2 fully saturated rings. The van der Waals surface area contributed by atoms with Crippen molar-refractivity contribution in [3.8, 4) is 11.5 Å². The summed E-state index contributed by atoms with van der Waals surface area (Å²) in [5, 5.41) is 10.3. The van der Waals surface area contributed by atoms with Crippen molar-refractivity contribution in [3.05, 3.63) is 27.7 Å². The third-order valence-electron chi connectivity index (χ3n) is 5.98. The SMILES string of the molecule is Cc1cc(-c2nnc(N[C@H](C)C(=O)N3CCC4(CC3)CC4)o2)c(=O)[nH]c1C(F)(F)F. The molecular weight excluding hydrogens is 403 g/mol. The second-order valence-corrected chi connectivity index (χ2v) is 8.17. The van der Waals surface area contributed by atoms with E-state index in [9.17, 15) is 22.8 Å². The number of H-pyrrole nitrogens is 1. The minimum absolute atomic E-state index is 0.0847. The van der Waals surface area contributed by atoms with E-state index in [1.807, 2.05) is 9.88 Å². The van der Waals surface area contributed by atoms with Crippen molar-refractivity contribution >= 4 is 11.9 Å². The first-order valence-electron chi connectivity index (χ1n) is 9.78. The normalized spacial score (nSPS) is 19.0. The zero-order chi connectivity index (χ0) is 21.7. The zero-order valence-corrected chi connectivity index (χ0v) is 16.6. The number of aromatic amines is 1. The van der Waals surface area contributed by atoms with Gasteiger partial charge in [-0.2, -0.15) is 13.2 Å². The van der Waals surface area contributed by atoms with E-state index in [2.05, 4.69) is 15.5 Å². The fourth-order valence-electron chi connectivity index (χ4n) is 3.88. The predicted octanol–water partition coefficient (Wildman–Crippen LogP) is 2.96. The number of amides is 1. The number of halogens is 3. The number of pyridine rings is 1. The highest BCUT2D eigenvalue weighted by Gasteiger charge is 2.45. The quantitative estimate of drug-likeness (QED) is 0.781. The van der Waals surface area contributed by atoms with Gasteiger partial charge in [0.05, 0.1) is 0 Å². The Bertz CT molecular complexity index is 1020. The topological polar surface area (TPSA) is 104 Å². The molecule has 0 radical (unpaired) electrons. The first kappa shape index (κ1) is 20.4. The van der Waals surface area contributed by atoms with Crippen molar-refractivity contribution in [2.75, 3.05) is 18.4 Å². The number of carbonyl (C=O) groups excluding carboxylic acids is 1. The molecule has 1 amide bonds. The standard InChI is InChI=1S/C19H22F3N5O3/c1-10-9-12(14(28)24-13(10)19(20,21)22)15-25-26-17(30-15)23-11(2)16(29)27-7-5-18(3-4-18)6-8-27/h9,11H,3-8H2,1-2H3,(H,23,26)(H,24,28)/t11-/m1/s1. The van der Waals surface area contributed by atoms with Crippen LogP contribution in [0.25, 0.3) is 11.5 Å². The van der Waals surface area contributed by atoms with Crippen molar-refractivity contribution in [1.82, 2.24) is 20.1 Å². The highest BCUT2D eigenvalue weighted by atomic mass is 19.4. The monoisotopic (exact) mass is 425 g/mol. The van der Waals surface area contributed by atoms with Crippen LogP contribution in [-0.2, 0) is 11.0 Å². The van der Waals surface area contributed by atoms with Gasteiger partial charge < -0.3 is 19.6 Å². The molecule has 2 N–H and O–H groups in total. The minimum Gasteiger partial charge on any atom is -0.403 e. The highest BCUT2D eigenvalue weighted by molar-refractivity contribution is 5.83. The van der Waals surface area contributed by atoms with Crippen LogP contribution >= 0.6 is 0 Å². The lowest BCUT2D eigenvalue weighted by Crippen LogP contribution is -2.45. The summed E-state index contributed by atoms with van der Waals surface area (Å²) >= 11 is 0. The van der Waals surface area contributed by atoms with Gasteiger partial charge in [-0.1, -0.05) is 5.10 Å². The lowest BCUT2D eigenvalue weighted by molar-refractivity contribution is -0.141. The predicted molar refractivity (Wildman–Crippen MR) is 101 cm³/mol. The molecule has 11 heteroatoms. The summed E-state index contributed by atoms with van der Waals surface area (Å²) in [7, 11) is 0. The average molecular weight is 425 g/mol. The van der Waals surface area contributed by atoms with Gasteiger partial charge in [0.15, 0.2) is 0 Å². The van der Waals surface area contributed by atoms with Crippen molar-refractivity contribution < 1.29 is 22.4 Å². The molecular formula is C19H22F3N5O3. The van der Waals surface area contributed by atoms with Crippen LogP contribution in [0.3, 0.4) is 0 Å². The van der Waals surface area contributed by atoms with E-state index >= 15 is 0 Å². The number of likely N-dealkylation sites (tertiary alicyclic amines) is 1. The maximum absolute atomic E-state index is 12.9. The number of nitrogens with one attached hydrogen (secondary N) is 2. The van der Waals surface area contributed by atoms with Crippen LogP contribution < -0.4 is 10.9 Å². The fourth-order valence-corrected chi connectivity index (χ4v) is 3.88. The van der Waals surface area contributed by atoms with Crippen LogP contribution in [-0.4, -0.2) is 45.1 Å². The third kappa shape index (κ3) is 3.92. The average Bonchev–Trinajstić information content (AvgIpc) is 3.27. The molecule has 4 rings (SSSR count). The summed E-state index contributed by atoms with van der Waals surface area (Å²) in [5.41, 5.74) is -2.00. The van der Waals surface area contributed by atoms with Gasteiger partial charge in [0, 0.05) is 13.1 Å². The maximum atomic E-state index is 12.9. The summed E-state index contributed by atoms with van der Waals surface area (Å²) < 4.78 is 44.1. The highest BCUT2D eigenvalue weighted by Crippen LogP contribution is 2.53. The van der Waals surface area contributed by atoms with Crippen LogP contribution in [0.5, 0.6) is 0 Å². The number of alkyl halides is 3. The minimum atomic E-state index is -4.67. The number of anilines is 1. The van der Waals surface area contributed by atoms with E-state index in [1.165, 1.54) is 19.8 Å². The van der Waals surface area contributed by atoms with Crippen molar-refractivity contribution in [2.45, 2.75) is 51.7 Å².